The highest BCUT2D eigenvalue weighted by atomic mass is 35.5. The third-order valence-electron chi connectivity index (χ3n) is 7.34. The normalized spacial score (nSPS) is 14.4. The number of ether oxygens (including phenoxy) is 3. The molecule has 0 saturated heterocycles. The van der Waals surface area contributed by atoms with Crippen LogP contribution in [0, 0.1) is 0 Å². The molecule has 0 fully saturated rings. The van der Waals surface area contributed by atoms with Gasteiger partial charge in [-0.25, -0.2) is 18.2 Å². The lowest BCUT2D eigenvalue weighted by Crippen LogP contribution is -2.31. The Morgan fingerprint density at radius 3 is 2.31 bits per heavy atom. The molecule has 1 aliphatic rings. The quantitative estimate of drug-likeness (QED) is 0.202. The van der Waals surface area contributed by atoms with E-state index in [0.717, 1.165) is 21.5 Å². The zero-order valence-electron chi connectivity index (χ0n) is 24.7. The van der Waals surface area contributed by atoms with Crippen molar-refractivity contribution in [2.24, 2.45) is 5.10 Å². The van der Waals surface area contributed by atoms with Crippen LogP contribution in [0.5, 0.6) is 11.5 Å². The fourth-order valence-electron chi connectivity index (χ4n) is 4.90. The van der Waals surface area contributed by atoms with Crippen molar-refractivity contribution in [2.45, 2.75) is 17.4 Å². The summed E-state index contributed by atoms with van der Waals surface area (Å²) in [5.74, 6) is -0.504. The molecule has 45 heavy (non-hydrogen) atoms. The monoisotopic (exact) mass is 647 g/mol. The van der Waals surface area contributed by atoms with Gasteiger partial charge in [0.25, 0.3) is 15.9 Å². The van der Waals surface area contributed by atoms with Gasteiger partial charge in [0, 0.05) is 13.5 Å². The van der Waals surface area contributed by atoms with Crippen LogP contribution in [0.4, 0.5) is 5.69 Å². The summed E-state index contributed by atoms with van der Waals surface area (Å²) in [5.41, 5.74) is 2.49. The molecule has 0 aliphatic carbocycles. The van der Waals surface area contributed by atoms with Gasteiger partial charge >= 0.3 is 5.97 Å². The lowest BCUT2D eigenvalue weighted by atomic mass is 9.98. The average Bonchev–Trinajstić information content (AvgIpc) is 3.53. The number of para-hydroxylation sites is 2. The van der Waals surface area contributed by atoms with Crippen LogP contribution < -0.4 is 13.8 Å². The first-order valence-electron chi connectivity index (χ1n) is 13.8. The van der Waals surface area contributed by atoms with E-state index < -0.39 is 34.5 Å². The first-order valence-corrected chi connectivity index (χ1v) is 15.6. The Kier molecular flexibility index (Phi) is 9.40. The molecule has 4 aromatic carbocycles. The van der Waals surface area contributed by atoms with Crippen molar-refractivity contribution in [3.63, 3.8) is 0 Å². The van der Waals surface area contributed by atoms with E-state index in [4.69, 9.17) is 25.8 Å². The van der Waals surface area contributed by atoms with Gasteiger partial charge in [-0.05, 0) is 53.6 Å². The van der Waals surface area contributed by atoms with E-state index in [-0.39, 0.29) is 15.5 Å². The summed E-state index contributed by atoms with van der Waals surface area (Å²) in [6, 6.07) is 26.7. The lowest BCUT2D eigenvalue weighted by molar-refractivity contribution is -0.136. The summed E-state index contributed by atoms with van der Waals surface area (Å²) in [7, 11) is 0.248. The third kappa shape index (κ3) is 6.64. The number of esters is 1. The van der Waals surface area contributed by atoms with E-state index in [9.17, 15) is 18.0 Å². The highest BCUT2D eigenvalue weighted by molar-refractivity contribution is 7.92. The number of hydrazone groups is 1. The molecule has 0 aromatic heterocycles. The molecule has 5 rings (SSSR count). The van der Waals surface area contributed by atoms with Crippen molar-refractivity contribution in [1.82, 2.24) is 5.01 Å². The van der Waals surface area contributed by atoms with Crippen LogP contribution in [0.25, 0.3) is 0 Å². The van der Waals surface area contributed by atoms with Gasteiger partial charge in [-0.3, -0.25) is 9.10 Å². The summed E-state index contributed by atoms with van der Waals surface area (Å²) >= 11 is 6.29. The minimum atomic E-state index is -4.13. The van der Waals surface area contributed by atoms with Gasteiger partial charge < -0.3 is 14.2 Å². The van der Waals surface area contributed by atoms with Gasteiger partial charge in [-0.2, -0.15) is 5.10 Å². The minimum Gasteiger partial charge on any atom is -0.497 e. The highest BCUT2D eigenvalue weighted by Gasteiger charge is 2.34. The molecule has 12 heteroatoms. The van der Waals surface area contributed by atoms with Crippen LogP contribution >= 0.6 is 11.6 Å². The molecule has 0 bridgehead atoms. The first-order chi connectivity index (χ1) is 21.6. The second kappa shape index (κ2) is 13.4. The van der Waals surface area contributed by atoms with Crippen LogP contribution in [-0.4, -0.2) is 58.9 Å². The van der Waals surface area contributed by atoms with Gasteiger partial charge in [0.15, 0.2) is 6.61 Å². The van der Waals surface area contributed by atoms with E-state index in [0.29, 0.717) is 29.3 Å². The first kappa shape index (κ1) is 31.6. The molecule has 1 aliphatic heterocycles. The molecule has 4 aromatic rings. The van der Waals surface area contributed by atoms with Gasteiger partial charge in [0.2, 0.25) is 0 Å². The Bertz CT molecular complexity index is 1850. The second-order valence-electron chi connectivity index (χ2n) is 10.0. The number of benzene rings is 4. The number of amides is 1. The molecule has 1 heterocycles. The number of hydrogen-bond acceptors (Lipinski definition) is 8. The van der Waals surface area contributed by atoms with Crippen LogP contribution in [0.15, 0.2) is 107 Å². The van der Waals surface area contributed by atoms with Crippen LogP contribution in [-0.2, 0) is 19.6 Å². The summed E-state index contributed by atoms with van der Waals surface area (Å²) < 4.78 is 43.9. The average molecular weight is 648 g/mol. The molecular weight excluding hydrogens is 618 g/mol. The molecule has 1 amide bonds. The number of hydrogen-bond donors (Lipinski definition) is 0. The van der Waals surface area contributed by atoms with Crippen molar-refractivity contribution in [3.05, 3.63) is 119 Å². The number of carbonyl (C=O) groups excluding carboxylic acids is 2. The molecule has 10 nitrogen and oxygen atoms in total. The third-order valence-corrected chi connectivity index (χ3v) is 9.44. The number of methoxy groups -OCH3 is 2. The molecule has 1 atom stereocenters. The molecule has 0 spiro atoms. The summed E-state index contributed by atoms with van der Waals surface area (Å²) in [6.07, 6.45) is 0.446. The molecule has 0 N–H and O–H groups in total. The second-order valence-corrected chi connectivity index (χ2v) is 12.4. The topological polar surface area (TPSA) is 115 Å². The highest BCUT2D eigenvalue weighted by Crippen LogP contribution is 2.34. The van der Waals surface area contributed by atoms with E-state index in [1.807, 2.05) is 42.5 Å². The minimum absolute atomic E-state index is 0.0342. The number of sulfonamides is 1. The Balaban J connectivity index is 1.36. The van der Waals surface area contributed by atoms with Gasteiger partial charge in [0.1, 0.15) is 11.5 Å². The fourth-order valence-corrected chi connectivity index (χ4v) is 6.33. The Morgan fingerprint density at radius 2 is 1.62 bits per heavy atom. The standard InChI is InChI=1S/C33H30ClN3O7S/c1-36(29-11-7-8-12-31(29)43-3)45(40,41)25-17-18-27(34)26(19-25)33(39)44-21-32(38)37-30(23-13-15-24(42-2)16-14-23)20-28(35-37)22-9-5-4-6-10-22/h4-19,30H,20-21H2,1-3H3/t30-/m0/s1. The number of rotatable bonds is 10. The Morgan fingerprint density at radius 1 is 0.933 bits per heavy atom. The molecule has 0 radical (unpaired) electrons. The number of halogens is 1. The van der Waals surface area contributed by atoms with Crippen LogP contribution in [0.3, 0.4) is 0 Å². The number of carbonyl (C=O) groups is 2. The van der Waals surface area contributed by atoms with E-state index in [1.165, 1.54) is 31.3 Å². The zero-order valence-corrected chi connectivity index (χ0v) is 26.3. The van der Waals surface area contributed by atoms with Crippen molar-refractivity contribution in [1.29, 1.82) is 0 Å². The van der Waals surface area contributed by atoms with Crippen molar-refractivity contribution in [2.75, 3.05) is 32.2 Å². The van der Waals surface area contributed by atoms with Crippen molar-refractivity contribution < 1.29 is 32.2 Å². The largest absolute Gasteiger partial charge is 0.497 e. The SMILES string of the molecule is COc1ccc([C@@H]2CC(c3ccccc3)=NN2C(=O)COC(=O)c2cc(S(=O)(=O)N(C)c3ccccc3OC)ccc2Cl)cc1. The summed E-state index contributed by atoms with van der Waals surface area (Å²) in [5, 5.41) is 5.87. The van der Waals surface area contributed by atoms with Crippen LogP contribution in [0.2, 0.25) is 5.02 Å². The summed E-state index contributed by atoms with van der Waals surface area (Å²) in [4.78, 5) is 26.4. The molecule has 0 unspecified atom stereocenters. The Hall–Kier alpha value is -4.87. The maximum absolute atomic E-state index is 13.5. The van der Waals surface area contributed by atoms with E-state index in [2.05, 4.69) is 5.10 Å². The summed E-state index contributed by atoms with van der Waals surface area (Å²) in [6.45, 7) is -0.647. The molecular formula is C33H30ClN3O7S. The Labute approximate surface area is 266 Å². The van der Waals surface area contributed by atoms with Gasteiger partial charge in [-0.15, -0.1) is 0 Å². The van der Waals surface area contributed by atoms with Crippen molar-refractivity contribution in [3.8, 4) is 11.5 Å². The molecule has 0 saturated carbocycles. The van der Waals surface area contributed by atoms with Gasteiger partial charge in [-0.1, -0.05) is 66.2 Å². The fraction of sp³-hybridized carbons (Fsp3) is 0.182. The van der Waals surface area contributed by atoms with Gasteiger partial charge in [0.05, 0.1) is 47.1 Å². The predicted octanol–water partition coefficient (Wildman–Crippen LogP) is 5.72. The lowest BCUT2D eigenvalue weighted by Gasteiger charge is -2.22. The number of nitrogens with zero attached hydrogens (tertiary/aromatic N) is 3. The maximum Gasteiger partial charge on any atom is 0.340 e. The van der Waals surface area contributed by atoms with Crippen LogP contribution in [0.1, 0.15) is 33.9 Å². The number of anilines is 1. The maximum atomic E-state index is 13.5. The predicted molar refractivity (Wildman–Crippen MR) is 170 cm³/mol. The van der Waals surface area contributed by atoms with E-state index >= 15 is 0 Å². The smallest absolute Gasteiger partial charge is 0.340 e. The van der Waals surface area contributed by atoms with E-state index in [1.54, 1.807) is 43.5 Å². The van der Waals surface area contributed by atoms with Crippen molar-refractivity contribution >= 4 is 44.9 Å². The molecule has 232 valence electrons. The zero-order chi connectivity index (χ0) is 32.1.